The van der Waals surface area contributed by atoms with Gasteiger partial charge in [0.15, 0.2) is 0 Å². The average molecular weight is 351 g/mol. The molecule has 0 bridgehead atoms. The van der Waals surface area contributed by atoms with Crippen LogP contribution in [0.4, 0.5) is 4.39 Å². The molecule has 0 aliphatic heterocycles. The van der Waals surface area contributed by atoms with Gasteiger partial charge in [0.05, 0.1) is 26.8 Å². The molecule has 3 aromatic rings. The first-order valence-electron chi connectivity index (χ1n) is 5.91. The third-order valence-electron chi connectivity index (χ3n) is 3.09. The van der Waals surface area contributed by atoms with E-state index in [1.54, 1.807) is 6.07 Å². The second-order valence-electron chi connectivity index (χ2n) is 4.40. The monoisotopic (exact) mass is 350 g/mol. The van der Waals surface area contributed by atoms with Crippen molar-refractivity contribution in [3.63, 3.8) is 0 Å². The maximum atomic E-state index is 13.6. The lowest BCUT2D eigenvalue weighted by Crippen LogP contribution is -2.14. The summed E-state index contributed by atoms with van der Waals surface area (Å²) in [5.74, 6) is -1.61. The smallest absolute Gasteiger partial charge is 0.335 e. The van der Waals surface area contributed by atoms with E-state index in [-0.39, 0.29) is 10.0 Å². The van der Waals surface area contributed by atoms with Gasteiger partial charge < -0.3 is 10.1 Å². The van der Waals surface area contributed by atoms with Gasteiger partial charge in [0.2, 0.25) is 0 Å². The van der Waals surface area contributed by atoms with Crippen molar-refractivity contribution in [3.8, 4) is 5.69 Å². The van der Waals surface area contributed by atoms with Crippen molar-refractivity contribution < 1.29 is 14.3 Å². The van der Waals surface area contributed by atoms with Crippen molar-refractivity contribution in [2.24, 2.45) is 0 Å². The van der Waals surface area contributed by atoms with Crippen LogP contribution in [0, 0.1) is 5.82 Å². The number of carboxylic acid groups (broad SMARTS) is 1. The minimum atomic E-state index is -1.10. The minimum Gasteiger partial charge on any atom is -0.478 e. The molecule has 2 aromatic carbocycles. The average Bonchev–Trinajstić information content (AvgIpc) is 2.77. The SMILES string of the molecule is O=C(O)c1ccc2[nH]c(=O)n(-c3ccc(Br)c(F)c3)c2c1. The van der Waals surface area contributed by atoms with Crippen LogP contribution in [-0.4, -0.2) is 20.6 Å². The summed E-state index contributed by atoms with van der Waals surface area (Å²) in [6.45, 7) is 0. The van der Waals surface area contributed by atoms with Crippen molar-refractivity contribution in [1.29, 1.82) is 0 Å². The first kappa shape index (κ1) is 13.6. The molecule has 21 heavy (non-hydrogen) atoms. The largest absolute Gasteiger partial charge is 0.478 e. The summed E-state index contributed by atoms with van der Waals surface area (Å²) in [5, 5.41) is 9.03. The first-order chi connectivity index (χ1) is 9.97. The maximum Gasteiger partial charge on any atom is 0.335 e. The molecule has 0 aliphatic rings. The zero-order valence-corrected chi connectivity index (χ0v) is 12.0. The van der Waals surface area contributed by atoms with Gasteiger partial charge in [-0.2, -0.15) is 0 Å². The Kier molecular flexibility index (Phi) is 3.13. The fourth-order valence-electron chi connectivity index (χ4n) is 2.12. The summed E-state index contributed by atoms with van der Waals surface area (Å²) in [7, 11) is 0. The molecule has 106 valence electrons. The Morgan fingerprint density at radius 1 is 1.24 bits per heavy atom. The van der Waals surface area contributed by atoms with Crippen LogP contribution in [0.3, 0.4) is 0 Å². The van der Waals surface area contributed by atoms with E-state index < -0.39 is 17.5 Å². The highest BCUT2D eigenvalue weighted by Gasteiger charge is 2.13. The number of rotatable bonds is 2. The van der Waals surface area contributed by atoms with Crippen LogP contribution < -0.4 is 5.69 Å². The van der Waals surface area contributed by atoms with Crippen molar-refractivity contribution >= 4 is 32.9 Å². The first-order valence-corrected chi connectivity index (χ1v) is 6.70. The Balaban J connectivity index is 2.32. The highest BCUT2D eigenvalue weighted by Crippen LogP contribution is 2.21. The molecule has 0 spiro atoms. The lowest BCUT2D eigenvalue weighted by atomic mass is 10.2. The van der Waals surface area contributed by atoms with Gasteiger partial charge >= 0.3 is 11.7 Å². The van der Waals surface area contributed by atoms with Gasteiger partial charge in [-0.3, -0.25) is 4.57 Å². The molecule has 0 saturated carbocycles. The number of hydrogen-bond donors (Lipinski definition) is 2. The number of aromatic carboxylic acids is 1. The van der Waals surface area contributed by atoms with E-state index in [4.69, 9.17) is 5.11 Å². The molecule has 0 amide bonds. The van der Waals surface area contributed by atoms with E-state index in [1.165, 1.54) is 34.9 Å². The maximum absolute atomic E-state index is 13.6. The Labute approximate surface area is 125 Å². The lowest BCUT2D eigenvalue weighted by Gasteiger charge is -2.05. The molecule has 1 heterocycles. The van der Waals surface area contributed by atoms with E-state index in [1.807, 2.05) is 0 Å². The zero-order chi connectivity index (χ0) is 15.1. The van der Waals surface area contributed by atoms with Gasteiger partial charge in [-0.1, -0.05) is 0 Å². The third-order valence-corrected chi connectivity index (χ3v) is 3.73. The third kappa shape index (κ3) is 2.25. The van der Waals surface area contributed by atoms with Gasteiger partial charge in [0.25, 0.3) is 0 Å². The topological polar surface area (TPSA) is 75.1 Å². The minimum absolute atomic E-state index is 0.0489. The van der Waals surface area contributed by atoms with Crippen LogP contribution in [-0.2, 0) is 0 Å². The van der Waals surface area contributed by atoms with Gasteiger partial charge in [0.1, 0.15) is 5.82 Å². The molecule has 0 saturated heterocycles. The normalized spacial score (nSPS) is 11.0. The standard InChI is InChI=1S/C14H8BrFN2O3/c15-9-3-2-8(6-10(9)16)18-12-5-7(13(19)20)1-4-11(12)17-14(18)21/h1-6H,(H,17,21)(H,19,20). The Morgan fingerprint density at radius 2 is 2.00 bits per heavy atom. The summed E-state index contributed by atoms with van der Waals surface area (Å²) >= 11 is 3.04. The number of H-pyrrole nitrogens is 1. The molecule has 7 heteroatoms. The summed E-state index contributed by atoms with van der Waals surface area (Å²) in [5.41, 5.74) is 0.756. The molecule has 0 radical (unpaired) electrons. The molecular formula is C14H8BrFN2O3. The molecular weight excluding hydrogens is 343 g/mol. The summed E-state index contributed by atoms with van der Waals surface area (Å²) in [6.07, 6.45) is 0. The molecule has 5 nitrogen and oxygen atoms in total. The number of aromatic nitrogens is 2. The van der Waals surface area contributed by atoms with E-state index in [9.17, 15) is 14.0 Å². The van der Waals surface area contributed by atoms with Crippen LogP contribution in [0.5, 0.6) is 0 Å². The van der Waals surface area contributed by atoms with Crippen molar-refractivity contribution in [1.82, 2.24) is 9.55 Å². The van der Waals surface area contributed by atoms with E-state index >= 15 is 0 Å². The fraction of sp³-hybridized carbons (Fsp3) is 0. The van der Waals surface area contributed by atoms with Crippen LogP contribution in [0.1, 0.15) is 10.4 Å². The molecule has 0 atom stereocenters. The second-order valence-corrected chi connectivity index (χ2v) is 5.26. The number of hydrogen-bond acceptors (Lipinski definition) is 2. The predicted octanol–water partition coefficient (Wildman–Crippen LogP) is 2.92. The van der Waals surface area contributed by atoms with Crippen LogP contribution in [0.2, 0.25) is 0 Å². The Bertz CT molecular complexity index is 930. The van der Waals surface area contributed by atoms with Crippen LogP contribution in [0.25, 0.3) is 16.7 Å². The number of benzene rings is 2. The fourth-order valence-corrected chi connectivity index (χ4v) is 2.36. The van der Waals surface area contributed by atoms with Crippen LogP contribution in [0.15, 0.2) is 45.7 Å². The number of carboxylic acids is 1. The van der Waals surface area contributed by atoms with Gasteiger partial charge in [-0.05, 0) is 52.3 Å². The Hall–Kier alpha value is -2.41. The molecule has 0 unspecified atom stereocenters. The summed E-state index contributed by atoms with van der Waals surface area (Å²) in [4.78, 5) is 25.7. The van der Waals surface area contributed by atoms with E-state index in [0.29, 0.717) is 16.7 Å². The number of nitrogens with one attached hydrogen (secondary N) is 1. The number of fused-ring (bicyclic) bond motifs is 1. The Morgan fingerprint density at radius 3 is 2.67 bits per heavy atom. The summed E-state index contributed by atoms with van der Waals surface area (Å²) in [6, 6.07) is 8.52. The molecule has 0 aliphatic carbocycles. The lowest BCUT2D eigenvalue weighted by molar-refractivity contribution is 0.0697. The van der Waals surface area contributed by atoms with Crippen molar-refractivity contribution in [3.05, 3.63) is 62.7 Å². The predicted molar refractivity (Wildman–Crippen MR) is 78.5 cm³/mol. The number of nitrogens with zero attached hydrogens (tertiary/aromatic N) is 1. The highest BCUT2D eigenvalue weighted by atomic mass is 79.9. The quantitative estimate of drug-likeness (QED) is 0.746. The van der Waals surface area contributed by atoms with Crippen molar-refractivity contribution in [2.75, 3.05) is 0 Å². The highest BCUT2D eigenvalue weighted by molar-refractivity contribution is 9.10. The molecule has 1 aromatic heterocycles. The summed E-state index contributed by atoms with van der Waals surface area (Å²) < 4.78 is 15.2. The number of aromatic amines is 1. The molecule has 0 fully saturated rings. The number of carbonyl (C=O) groups is 1. The van der Waals surface area contributed by atoms with E-state index in [2.05, 4.69) is 20.9 Å². The van der Waals surface area contributed by atoms with Gasteiger partial charge in [0, 0.05) is 0 Å². The molecule has 2 N–H and O–H groups in total. The van der Waals surface area contributed by atoms with Gasteiger partial charge in [-0.15, -0.1) is 0 Å². The number of imidazole rings is 1. The van der Waals surface area contributed by atoms with Gasteiger partial charge in [-0.25, -0.2) is 14.0 Å². The second kappa shape index (κ2) is 4.85. The van der Waals surface area contributed by atoms with Crippen LogP contribution >= 0.6 is 15.9 Å². The van der Waals surface area contributed by atoms with E-state index in [0.717, 1.165) is 0 Å². The molecule has 3 rings (SSSR count). The zero-order valence-electron chi connectivity index (χ0n) is 10.4. The number of halogens is 2. The van der Waals surface area contributed by atoms with Crippen molar-refractivity contribution in [2.45, 2.75) is 0 Å².